The molecule has 2 aliphatic heterocycles. The molecule has 0 saturated carbocycles. The highest BCUT2D eigenvalue weighted by Gasteiger charge is 2.44. The summed E-state index contributed by atoms with van der Waals surface area (Å²) in [4.78, 5) is 35.7. The van der Waals surface area contributed by atoms with Gasteiger partial charge in [0.2, 0.25) is 11.8 Å². The molecule has 2 rings (SSSR count). The van der Waals surface area contributed by atoms with Crippen molar-refractivity contribution in [3.63, 3.8) is 0 Å². The number of aliphatic carboxylic acids is 1. The maximum atomic E-state index is 12.3. The van der Waals surface area contributed by atoms with Crippen LogP contribution in [0.1, 0.15) is 38.5 Å². The van der Waals surface area contributed by atoms with Crippen LogP contribution in [0.2, 0.25) is 0 Å². The summed E-state index contributed by atoms with van der Waals surface area (Å²) in [7, 11) is 0. The van der Waals surface area contributed by atoms with E-state index in [1.54, 1.807) is 4.90 Å². The molecule has 2 saturated heterocycles. The zero-order valence-electron chi connectivity index (χ0n) is 11.3. The third kappa shape index (κ3) is 3.09. The highest BCUT2D eigenvalue weighted by atomic mass is 16.4. The van der Waals surface area contributed by atoms with Crippen molar-refractivity contribution in [3.8, 4) is 0 Å². The number of hydrogen-bond acceptors (Lipinski definition) is 4. The lowest BCUT2D eigenvalue weighted by Crippen LogP contribution is -2.53. The second kappa shape index (κ2) is 5.78. The minimum atomic E-state index is -0.883. The summed E-state index contributed by atoms with van der Waals surface area (Å²) in [5.41, 5.74) is 10.8. The van der Waals surface area contributed by atoms with E-state index in [0.29, 0.717) is 12.8 Å². The first-order chi connectivity index (χ1) is 9.38. The number of piperidine rings is 1. The van der Waals surface area contributed by atoms with Crippen molar-refractivity contribution in [2.45, 2.75) is 56.7 Å². The molecule has 20 heavy (non-hydrogen) atoms. The summed E-state index contributed by atoms with van der Waals surface area (Å²) in [6.07, 6.45) is 3.19. The Morgan fingerprint density at radius 3 is 2.20 bits per heavy atom. The number of carboxylic acid groups (broad SMARTS) is 1. The van der Waals surface area contributed by atoms with Crippen molar-refractivity contribution in [1.82, 2.24) is 4.90 Å². The predicted octanol–water partition coefficient (Wildman–Crippen LogP) is -0.567. The van der Waals surface area contributed by atoms with Gasteiger partial charge in [-0.1, -0.05) is 0 Å². The first-order valence-corrected chi connectivity index (χ1v) is 6.96. The first-order valence-electron chi connectivity index (χ1n) is 6.96. The smallest absolute Gasteiger partial charge is 0.303 e. The SMILES string of the molecule is NC(=O)CC(N)C(=O)N1C2CCC1CC(CC(=O)O)C2. The maximum Gasteiger partial charge on any atom is 0.303 e. The number of fused-ring (bicyclic) bond motifs is 2. The number of carbonyl (C=O) groups excluding carboxylic acids is 2. The van der Waals surface area contributed by atoms with Gasteiger partial charge in [0.25, 0.3) is 0 Å². The molecule has 112 valence electrons. The molecule has 7 heteroatoms. The Kier molecular flexibility index (Phi) is 4.27. The summed E-state index contributed by atoms with van der Waals surface area (Å²) in [5, 5.41) is 8.87. The van der Waals surface area contributed by atoms with E-state index < -0.39 is 17.9 Å². The largest absolute Gasteiger partial charge is 0.481 e. The van der Waals surface area contributed by atoms with Crippen molar-refractivity contribution in [2.24, 2.45) is 17.4 Å². The Morgan fingerprint density at radius 2 is 1.75 bits per heavy atom. The molecular formula is C13H21N3O4. The van der Waals surface area contributed by atoms with Gasteiger partial charge in [-0.2, -0.15) is 0 Å². The molecule has 3 unspecified atom stereocenters. The maximum absolute atomic E-state index is 12.3. The zero-order valence-corrected chi connectivity index (χ0v) is 11.3. The fraction of sp³-hybridized carbons (Fsp3) is 0.769. The molecule has 2 amide bonds. The van der Waals surface area contributed by atoms with Crippen LogP contribution in [0.15, 0.2) is 0 Å². The second-order valence-electron chi connectivity index (χ2n) is 5.84. The van der Waals surface area contributed by atoms with Gasteiger partial charge in [-0.05, 0) is 31.6 Å². The number of nitrogens with two attached hydrogens (primary N) is 2. The monoisotopic (exact) mass is 283 g/mol. The Labute approximate surface area is 117 Å². The van der Waals surface area contributed by atoms with Crippen molar-refractivity contribution in [2.75, 3.05) is 0 Å². The normalized spacial score (nSPS) is 30.1. The topological polar surface area (TPSA) is 127 Å². The van der Waals surface area contributed by atoms with E-state index in [0.717, 1.165) is 12.8 Å². The van der Waals surface area contributed by atoms with Crippen molar-refractivity contribution < 1.29 is 19.5 Å². The van der Waals surface area contributed by atoms with Gasteiger partial charge in [-0.3, -0.25) is 14.4 Å². The van der Waals surface area contributed by atoms with E-state index >= 15 is 0 Å². The van der Waals surface area contributed by atoms with Gasteiger partial charge in [-0.25, -0.2) is 0 Å². The van der Waals surface area contributed by atoms with Crippen LogP contribution in [-0.4, -0.2) is 45.9 Å². The zero-order chi connectivity index (χ0) is 14.9. The fourth-order valence-corrected chi connectivity index (χ4v) is 3.56. The van der Waals surface area contributed by atoms with Gasteiger partial charge in [0.1, 0.15) is 0 Å². The first kappa shape index (κ1) is 14.8. The molecule has 0 aromatic rings. The molecule has 2 heterocycles. The van der Waals surface area contributed by atoms with Crippen molar-refractivity contribution in [1.29, 1.82) is 0 Å². The van der Waals surface area contributed by atoms with Gasteiger partial charge in [-0.15, -0.1) is 0 Å². The molecule has 0 aliphatic carbocycles. The number of carbonyl (C=O) groups is 3. The molecule has 5 N–H and O–H groups in total. The van der Waals surface area contributed by atoms with Crippen LogP contribution in [0.3, 0.4) is 0 Å². The van der Waals surface area contributed by atoms with E-state index in [2.05, 4.69) is 0 Å². The van der Waals surface area contributed by atoms with Crippen molar-refractivity contribution in [3.05, 3.63) is 0 Å². The molecule has 0 aromatic carbocycles. The Morgan fingerprint density at radius 1 is 1.20 bits per heavy atom. The van der Waals surface area contributed by atoms with Gasteiger partial charge in [0.05, 0.1) is 12.5 Å². The van der Waals surface area contributed by atoms with Crippen LogP contribution < -0.4 is 11.5 Å². The molecule has 2 fully saturated rings. The molecule has 7 nitrogen and oxygen atoms in total. The molecule has 0 aromatic heterocycles. The van der Waals surface area contributed by atoms with Gasteiger partial charge < -0.3 is 21.5 Å². The molecule has 0 radical (unpaired) electrons. The molecule has 0 spiro atoms. The van der Waals surface area contributed by atoms with Crippen LogP contribution in [0.5, 0.6) is 0 Å². The van der Waals surface area contributed by atoms with Crippen LogP contribution in [0, 0.1) is 5.92 Å². The van der Waals surface area contributed by atoms with Crippen LogP contribution >= 0.6 is 0 Å². The number of primary amides is 1. The summed E-state index contributed by atoms with van der Waals surface area (Å²) in [5.74, 6) is -1.48. The quantitative estimate of drug-likeness (QED) is 0.623. The lowest BCUT2D eigenvalue weighted by Gasteiger charge is -2.39. The average Bonchev–Trinajstić information content (AvgIpc) is 2.58. The van der Waals surface area contributed by atoms with E-state index in [1.165, 1.54) is 0 Å². The standard InChI is InChI=1S/C13H21N3O4/c14-10(6-11(15)17)13(20)16-8-1-2-9(16)4-7(3-8)5-12(18)19/h7-10H,1-6,14H2,(H2,15,17)(H,18,19). The van der Waals surface area contributed by atoms with Gasteiger partial charge >= 0.3 is 5.97 Å². The minimum absolute atomic E-state index is 0.0597. The molecule has 3 atom stereocenters. The van der Waals surface area contributed by atoms with E-state index in [-0.39, 0.29) is 36.8 Å². The Bertz CT molecular complexity index is 412. The lowest BCUT2D eigenvalue weighted by molar-refractivity contribution is -0.141. The average molecular weight is 283 g/mol. The van der Waals surface area contributed by atoms with E-state index in [4.69, 9.17) is 16.6 Å². The predicted molar refractivity (Wildman–Crippen MR) is 70.4 cm³/mol. The van der Waals surface area contributed by atoms with Crippen molar-refractivity contribution >= 4 is 17.8 Å². The third-order valence-corrected chi connectivity index (χ3v) is 4.29. The number of rotatable bonds is 5. The second-order valence-corrected chi connectivity index (χ2v) is 5.84. The highest BCUT2D eigenvalue weighted by Crippen LogP contribution is 2.40. The summed E-state index contributed by atoms with van der Waals surface area (Å²) >= 11 is 0. The fourth-order valence-electron chi connectivity index (χ4n) is 3.56. The summed E-state index contributed by atoms with van der Waals surface area (Å²) < 4.78 is 0. The minimum Gasteiger partial charge on any atom is -0.481 e. The molecule has 2 bridgehead atoms. The van der Waals surface area contributed by atoms with Crippen LogP contribution in [0.25, 0.3) is 0 Å². The Hall–Kier alpha value is -1.63. The van der Waals surface area contributed by atoms with Crippen LogP contribution in [-0.2, 0) is 14.4 Å². The summed E-state index contributed by atoms with van der Waals surface area (Å²) in [6, 6.07) is -0.763. The van der Waals surface area contributed by atoms with E-state index in [9.17, 15) is 14.4 Å². The van der Waals surface area contributed by atoms with Crippen LogP contribution in [0.4, 0.5) is 0 Å². The number of nitrogens with zero attached hydrogens (tertiary/aromatic N) is 1. The van der Waals surface area contributed by atoms with Gasteiger partial charge in [0.15, 0.2) is 0 Å². The van der Waals surface area contributed by atoms with E-state index in [1.807, 2.05) is 0 Å². The number of hydrogen-bond donors (Lipinski definition) is 3. The highest BCUT2D eigenvalue weighted by molar-refractivity contribution is 5.88. The molecular weight excluding hydrogens is 262 g/mol. The summed E-state index contributed by atoms with van der Waals surface area (Å²) in [6.45, 7) is 0. The third-order valence-electron chi connectivity index (χ3n) is 4.29. The van der Waals surface area contributed by atoms with Gasteiger partial charge in [0, 0.05) is 18.5 Å². The molecule has 2 aliphatic rings. The lowest BCUT2D eigenvalue weighted by atomic mass is 9.87. The number of carboxylic acids is 1. The number of amides is 2. The Balaban J connectivity index is 2.00.